The van der Waals surface area contributed by atoms with Gasteiger partial charge in [-0.2, -0.15) is 0 Å². The highest BCUT2D eigenvalue weighted by atomic mass is 127. The van der Waals surface area contributed by atoms with E-state index in [1.807, 2.05) is 6.92 Å². The molecule has 1 rings (SSSR count). The van der Waals surface area contributed by atoms with Crippen molar-refractivity contribution < 1.29 is 9.53 Å². The molecular weight excluding hydrogens is 267 g/mol. The van der Waals surface area contributed by atoms with Gasteiger partial charge < -0.3 is 4.74 Å². The van der Waals surface area contributed by atoms with Crippen LogP contribution in [0.25, 0.3) is 0 Å². The molecule has 0 aromatic carbocycles. The number of esters is 1. The first-order valence-electron chi connectivity index (χ1n) is 4.47. The molecule has 1 saturated carbocycles. The maximum Gasteiger partial charge on any atom is 0.310 e. The van der Waals surface area contributed by atoms with Crippen LogP contribution in [0.4, 0.5) is 0 Å². The molecule has 1 aliphatic rings. The molecule has 0 amide bonds. The van der Waals surface area contributed by atoms with Crippen LogP contribution in [-0.4, -0.2) is 16.5 Å². The molecule has 0 aromatic rings. The van der Waals surface area contributed by atoms with Crippen LogP contribution in [0.1, 0.15) is 26.7 Å². The summed E-state index contributed by atoms with van der Waals surface area (Å²) in [6.07, 6.45) is 2.32. The summed E-state index contributed by atoms with van der Waals surface area (Å²) < 4.78 is 5.51. The van der Waals surface area contributed by atoms with E-state index in [1.165, 1.54) is 0 Å². The number of hydrogen-bond acceptors (Lipinski definition) is 2. The molecule has 0 saturated heterocycles. The summed E-state index contributed by atoms with van der Waals surface area (Å²) in [7, 11) is 0. The quantitative estimate of drug-likeness (QED) is 0.441. The SMILES string of the molecule is CCOC(=O)[C@H]1C(I)CC[C@@H]1C. The molecule has 12 heavy (non-hydrogen) atoms. The molecule has 0 heterocycles. The van der Waals surface area contributed by atoms with E-state index in [9.17, 15) is 4.79 Å². The molecule has 0 spiro atoms. The van der Waals surface area contributed by atoms with E-state index < -0.39 is 0 Å². The molecule has 1 unspecified atom stereocenters. The Morgan fingerprint density at radius 2 is 2.25 bits per heavy atom. The molecule has 2 nitrogen and oxygen atoms in total. The van der Waals surface area contributed by atoms with E-state index in [0.717, 1.165) is 12.8 Å². The minimum absolute atomic E-state index is 0.00176. The molecule has 0 aromatic heterocycles. The van der Waals surface area contributed by atoms with E-state index in [2.05, 4.69) is 29.5 Å². The molecule has 3 heteroatoms. The zero-order valence-corrected chi connectivity index (χ0v) is 9.71. The minimum atomic E-state index is 0.00176. The maximum atomic E-state index is 11.4. The van der Waals surface area contributed by atoms with Crippen LogP contribution in [0, 0.1) is 11.8 Å². The number of hydrogen-bond donors (Lipinski definition) is 0. The molecule has 0 bridgehead atoms. The standard InChI is InChI=1S/C9H15IO2/c1-3-12-9(11)8-6(2)4-5-7(8)10/h6-8H,3-5H2,1-2H3/t6-,7?,8+/m0/s1. The lowest BCUT2D eigenvalue weighted by atomic mass is 9.99. The fourth-order valence-electron chi connectivity index (χ4n) is 1.76. The summed E-state index contributed by atoms with van der Waals surface area (Å²) in [5, 5.41) is 0. The number of rotatable bonds is 2. The van der Waals surface area contributed by atoms with Crippen LogP contribution in [0.2, 0.25) is 0 Å². The van der Waals surface area contributed by atoms with Crippen LogP contribution in [0.5, 0.6) is 0 Å². The Labute approximate surface area is 87.2 Å². The lowest BCUT2D eigenvalue weighted by molar-refractivity contribution is -0.148. The second-order valence-electron chi connectivity index (χ2n) is 3.35. The highest BCUT2D eigenvalue weighted by molar-refractivity contribution is 14.1. The van der Waals surface area contributed by atoms with Crippen molar-refractivity contribution in [2.75, 3.05) is 6.61 Å². The Kier molecular flexibility index (Phi) is 3.80. The highest BCUT2D eigenvalue weighted by Crippen LogP contribution is 2.37. The third-order valence-corrected chi connectivity index (χ3v) is 3.86. The zero-order valence-electron chi connectivity index (χ0n) is 7.55. The molecule has 1 aliphatic carbocycles. The van der Waals surface area contributed by atoms with Crippen LogP contribution in [-0.2, 0) is 9.53 Å². The van der Waals surface area contributed by atoms with Crippen molar-refractivity contribution in [1.29, 1.82) is 0 Å². The van der Waals surface area contributed by atoms with Gasteiger partial charge in [0, 0.05) is 3.92 Å². The second kappa shape index (κ2) is 4.44. The predicted molar refractivity (Wildman–Crippen MR) is 56.3 cm³/mol. The van der Waals surface area contributed by atoms with Crippen molar-refractivity contribution in [2.45, 2.75) is 30.6 Å². The van der Waals surface area contributed by atoms with E-state index in [-0.39, 0.29) is 11.9 Å². The first-order chi connectivity index (χ1) is 5.66. The van der Waals surface area contributed by atoms with E-state index in [1.54, 1.807) is 0 Å². The van der Waals surface area contributed by atoms with Crippen molar-refractivity contribution >= 4 is 28.6 Å². The number of ether oxygens (including phenoxy) is 1. The lowest BCUT2D eigenvalue weighted by Crippen LogP contribution is -2.25. The Balaban J connectivity index is 2.53. The Morgan fingerprint density at radius 1 is 1.58 bits per heavy atom. The fourth-order valence-corrected chi connectivity index (χ4v) is 3.12. The van der Waals surface area contributed by atoms with Gasteiger partial charge in [-0.25, -0.2) is 0 Å². The van der Waals surface area contributed by atoms with Crippen LogP contribution < -0.4 is 0 Å². The topological polar surface area (TPSA) is 26.3 Å². The third-order valence-electron chi connectivity index (χ3n) is 2.46. The van der Waals surface area contributed by atoms with Crippen LogP contribution in [0.3, 0.4) is 0 Å². The summed E-state index contributed by atoms with van der Waals surface area (Å²) in [6.45, 7) is 4.51. The van der Waals surface area contributed by atoms with Gasteiger partial charge in [-0.1, -0.05) is 29.5 Å². The summed E-state index contributed by atoms with van der Waals surface area (Å²) in [6, 6.07) is 0. The van der Waals surface area contributed by atoms with Gasteiger partial charge in [0.15, 0.2) is 0 Å². The highest BCUT2D eigenvalue weighted by Gasteiger charge is 2.37. The van der Waals surface area contributed by atoms with E-state index >= 15 is 0 Å². The van der Waals surface area contributed by atoms with E-state index in [0.29, 0.717) is 16.4 Å². The van der Waals surface area contributed by atoms with Crippen LogP contribution >= 0.6 is 22.6 Å². The summed E-state index contributed by atoms with van der Waals surface area (Å²) in [4.78, 5) is 11.4. The average molecular weight is 282 g/mol. The minimum Gasteiger partial charge on any atom is -0.466 e. The van der Waals surface area contributed by atoms with Gasteiger partial charge in [0.1, 0.15) is 0 Å². The smallest absolute Gasteiger partial charge is 0.310 e. The van der Waals surface area contributed by atoms with E-state index in [4.69, 9.17) is 4.74 Å². The monoisotopic (exact) mass is 282 g/mol. The van der Waals surface area contributed by atoms with Gasteiger partial charge in [-0.15, -0.1) is 0 Å². The summed E-state index contributed by atoms with van der Waals surface area (Å²) in [5.41, 5.74) is 0. The molecule has 1 fully saturated rings. The normalized spacial score (nSPS) is 35.1. The molecule has 0 radical (unpaired) electrons. The average Bonchev–Trinajstić information content (AvgIpc) is 2.32. The van der Waals surface area contributed by atoms with Crippen molar-refractivity contribution in [2.24, 2.45) is 11.8 Å². The Bertz CT molecular complexity index is 160. The third kappa shape index (κ3) is 2.12. The van der Waals surface area contributed by atoms with Crippen molar-refractivity contribution in [3.63, 3.8) is 0 Å². The lowest BCUT2D eigenvalue weighted by Gasteiger charge is -2.16. The molecular formula is C9H15IO2. The van der Waals surface area contributed by atoms with Crippen LogP contribution in [0.15, 0.2) is 0 Å². The largest absolute Gasteiger partial charge is 0.466 e. The molecule has 3 atom stereocenters. The predicted octanol–water partition coefficient (Wildman–Crippen LogP) is 2.40. The second-order valence-corrected chi connectivity index (χ2v) is 4.95. The maximum absolute atomic E-state index is 11.4. The van der Waals surface area contributed by atoms with Gasteiger partial charge in [0.25, 0.3) is 0 Å². The van der Waals surface area contributed by atoms with Crippen molar-refractivity contribution in [3.05, 3.63) is 0 Å². The number of alkyl halides is 1. The van der Waals surface area contributed by atoms with Gasteiger partial charge in [0.05, 0.1) is 12.5 Å². The summed E-state index contributed by atoms with van der Waals surface area (Å²) >= 11 is 2.36. The Hall–Kier alpha value is 0.200. The number of halogens is 1. The zero-order chi connectivity index (χ0) is 9.14. The van der Waals surface area contributed by atoms with Crippen molar-refractivity contribution in [1.82, 2.24) is 0 Å². The molecule has 70 valence electrons. The summed E-state index contributed by atoms with van der Waals surface area (Å²) in [5.74, 6) is 0.651. The van der Waals surface area contributed by atoms with Gasteiger partial charge in [-0.3, -0.25) is 4.79 Å². The number of carbonyl (C=O) groups is 1. The van der Waals surface area contributed by atoms with Gasteiger partial charge in [-0.05, 0) is 25.7 Å². The first kappa shape index (κ1) is 10.3. The number of carbonyl (C=O) groups excluding carboxylic acids is 1. The fraction of sp³-hybridized carbons (Fsp3) is 0.889. The molecule has 0 aliphatic heterocycles. The van der Waals surface area contributed by atoms with Gasteiger partial charge >= 0.3 is 5.97 Å². The Morgan fingerprint density at radius 3 is 2.67 bits per heavy atom. The first-order valence-corrected chi connectivity index (χ1v) is 5.72. The van der Waals surface area contributed by atoms with Crippen molar-refractivity contribution in [3.8, 4) is 0 Å². The molecule has 0 N–H and O–H groups in total. The van der Waals surface area contributed by atoms with Gasteiger partial charge in [0.2, 0.25) is 0 Å².